The number of aromatic nitrogens is 1. The number of aryl methyl sites for hydroxylation is 1. The summed E-state index contributed by atoms with van der Waals surface area (Å²) in [4.78, 5) is 0. The molecule has 0 aliphatic rings. The van der Waals surface area contributed by atoms with Gasteiger partial charge in [-0.25, -0.2) is 0 Å². The maximum absolute atomic E-state index is 2.53. The summed E-state index contributed by atoms with van der Waals surface area (Å²) in [6.07, 6.45) is 2.19. The first-order valence-electron chi connectivity index (χ1n) is 9.03. The van der Waals surface area contributed by atoms with E-state index in [2.05, 4.69) is 87.7 Å². The Balaban J connectivity index is 2.08. The van der Waals surface area contributed by atoms with Crippen LogP contribution in [0.5, 0.6) is 0 Å². The van der Waals surface area contributed by atoms with E-state index in [1.165, 1.54) is 39.7 Å². The van der Waals surface area contributed by atoms with Crippen molar-refractivity contribution in [2.45, 2.75) is 54.0 Å². The molecule has 1 heterocycles. The van der Waals surface area contributed by atoms with E-state index in [0.717, 1.165) is 13.0 Å². The van der Waals surface area contributed by atoms with Crippen molar-refractivity contribution in [3.63, 3.8) is 0 Å². The highest BCUT2D eigenvalue weighted by Crippen LogP contribution is 2.32. The van der Waals surface area contributed by atoms with Crippen molar-refractivity contribution in [1.82, 2.24) is 4.57 Å². The highest BCUT2D eigenvalue weighted by molar-refractivity contribution is 5.86. The van der Waals surface area contributed by atoms with Gasteiger partial charge in [-0.15, -0.1) is 0 Å². The number of hydrogen-bond donors (Lipinski definition) is 0. The molecule has 3 aromatic rings. The summed E-state index contributed by atoms with van der Waals surface area (Å²) in [6, 6.07) is 17.8. The van der Waals surface area contributed by atoms with Gasteiger partial charge in [-0.3, -0.25) is 0 Å². The van der Waals surface area contributed by atoms with E-state index < -0.39 is 0 Å². The number of hydrogen-bond acceptors (Lipinski definition) is 0. The summed E-state index contributed by atoms with van der Waals surface area (Å²) in [5, 5.41) is 1.41. The number of fused-ring (bicyclic) bond motifs is 1. The minimum absolute atomic E-state index is 0.313. The highest BCUT2D eigenvalue weighted by atomic mass is 15.0. The van der Waals surface area contributed by atoms with Crippen LogP contribution in [0.2, 0.25) is 0 Å². The number of para-hydroxylation sites is 1. The van der Waals surface area contributed by atoms with E-state index in [9.17, 15) is 0 Å². The molecule has 24 heavy (non-hydrogen) atoms. The van der Waals surface area contributed by atoms with Crippen LogP contribution < -0.4 is 0 Å². The van der Waals surface area contributed by atoms with E-state index in [0.29, 0.717) is 5.41 Å². The lowest BCUT2D eigenvalue weighted by molar-refractivity contribution is 0.296. The van der Waals surface area contributed by atoms with Gasteiger partial charge in [0.25, 0.3) is 0 Å². The maximum Gasteiger partial charge on any atom is 0.0485 e. The van der Waals surface area contributed by atoms with Gasteiger partial charge in [0.1, 0.15) is 0 Å². The van der Waals surface area contributed by atoms with Gasteiger partial charge < -0.3 is 4.57 Å². The first-order valence-corrected chi connectivity index (χ1v) is 9.03. The maximum atomic E-state index is 2.53. The minimum Gasteiger partial charge on any atom is -0.344 e. The molecule has 0 fully saturated rings. The largest absolute Gasteiger partial charge is 0.344 e. The summed E-state index contributed by atoms with van der Waals surface area (Å²) < 4.78 is 2.53. The average Bonchev–Trinajstić information content (AvgIpc) is 2.82. The number of benzene rings is 2. The van der Waals surface area contributed by atoms with Crippen molar-refractivity contribution < 1.29 is 0 Å². The predicted octanol–water partition coefficient (Wildman–Crippen LogP) is 6.29. The van der Waals surface area contributed by atoms with E-state index in [1.54, 1.807) is 0 Å². The Labute approximate surface area is 146 Å². The summed E-state index contributed by atoms with van der Waals surface area (Å²) in [5.41, 5.74) is 7.29. The van der Waals surface area contributed by atoms with Gasteiger partial charge in [0.05, 0.1) is 0 Å². The molecule has 0 spiro atoms. The van der Waals surface area contributed by atoms with Gasteiger partial charge in [0, 0.05) is 23.1 Å². The van der Waals surface area contributed by atoms with Crippen LogP contribution in [0.4, 0.5) is 0 Å². The minimum atomic E-state index is 0.313. The van der Waals surface area contributed by atoms with E-state index >= 15 is 0 Å². The molecule has 1 nitrogen and oxygen atoms in total. The SMILES string of the molecule is CCC(C)(C)Cn1c(C)c(Cc2ccc(C)cc2)c2ccccc21. The molecule has 0 N–H and O–H groups in total. The van der Waals surface area contributed by atoms with Crippen molar-refractivity contribution in [1.29, 1.82) is 0 Å². The Kier molecular flexibility index (Phi) is 4.54. The molecular formula is C23H29N. The van der Waals surface area contributed by atoms with E-state index in [4.69, 9.17) is 0 Å². The molecule has 0 radical (unpaired) electrons. The zero-order chi connectivity index (χ0) is 17.3. The lowest BCUT2D eigenvalue weighted by Gasteiger charge is -2.25. The average molecular weight is 319 g/mol. The summed E-state index contributed by atoms with van der Waals surface area (Å²) in [7, 11) is 0. The third-order valence-corrected chi connectivity index (χ3v) is 5.41. The fourth-order valence-corrected chi connectivity index (χ4v) is 3.38. The van der Waals surface area contributed by atoms with Gasteiger partial charge in [-0.05, 0) is 49.3 Å². The Hall–Kier alpha value is -2.02. The third-order valence-electron chi connectivity index (χ3n) is 5.41. The van der Waals surface area contributed by atoms with Gasteiger partial charge in [-0.1, -0.05) is 68.8 Å². The van der Waals surface area contributed by atoms with Crippen LogP contribution >= 0.6 is 0 Å². The van der Waals surface area contributed by atoms with Crippen LogP contribution in [0.3, 0.4) is 0 Å². The Morgan fingerprint density at radius 1 is 0.917 bits per heavy atom. The molecule has 0 aliphatic heterocycles. The van der Waals surface area contributed by atoms with Crippen LogP contribution in [-0.2, 0) is 13.0 Å². The molecule has 2 aromatic carbocycles. The number of nitrogens with zero attached hydrogens (tertiary/aromatic N) is 1. The molecule has 0 bridgehead atoms. The van der Waals surface area contributed by atoms with E-state index in [1.807, 2.05) is 0 Å². The molecule has 0 unspecified atom stereocenters. The van der Waals surface area contributed by atoms with Crippen LogP contribution in [0, 0.1) is 19.3 Å². The highest BCUT2D eigenvalue weighted by Gasteiger charge is 2.21. The molecule has 0 aliphatic carbocycles. The molecule has 1 heteroatoms. The van der Waals surface area contributed by atoms with Crippen molar-refractivity contribution in [2.75, 3.05) is 0 Å². The second-order valence-corrected chi connectivity index (χ2v) is 7.85. The van der Waals surface area contributed by atoms with Crippen molar-refractivity contribution >= 4 is 10.9 Å². The Bertz CT molecular complexity index is 834. The first-order chi connectivity index (χ1) is 11.4. The van der Waals surface area contributed by atoms with Crippen molar-refractivity contribution in [3.8, 4) is 0 Å². The summed E-state index contributed by atoms with van der Waals surface area (Å²) >= 11 is 0. The molecule has 0 atom stereocenters. The van der Waals surface area contributed by atoms with Gasteiger partial charge in [-0.2, -0.15) is 0 Å². The fraction of sp³-hybridized carbons (Fsp3) is 0.391. The molecule has 3 rings (SSSR count). The smallest absolute Gasteiger partial charge is 0.0485 e. The molecule has 0 saturated carbocycles. The standard InChI is InChI=1S/C23H29N/c1-6-23(4,5)16-24-18(3)21(20-9-7-8-10-22(20)24)15-19-13-11-17(2)12-14-19/h7-14H,6,15-16H2,1-5H3. The van der Waals surface area contributed by atoms with Gasteiger partial charge in [0.2, 0.25) is 0 Å². The fourth-order valence-electron chi connectivity index (χ4n) is 3.38. The second kappa shape index (κ2) is 6.47. The van der Waals surface area contributed by atoms with Crippen LogP contribution in [0.25, 0.3) is 10.9 Å². The van der Waals surface area contributed by atoms with E-state index in [-0.39, 0.29) is 0 Å². The summed E-state index contributed by atoms with van der Waals surface area (Å²) in [6.45, 7) is 12.5. The lowest BCUT2D eigenvalue weighted by atomic mass is 9.90. The molecule has 0 saturated heterocycles. The second-order valence-electron chi connectivity index (χ2n) is 7.85. The monoisotopic (exact) mass is 319 g/mol. The van der Waals surface area contributed by atoms with Crippen LogP contribution in [-0.4, -0.2) is 4.57 Å². The normalized spacial score (nSPS) is 12.0. The molecular weight excluding hydrogens is 290 g/mol. The lowest BCUT2D eigenvalue weighted by Crippen LogP contribution is -2.19. The van der Waals surface area contributed by atoms with Crippen molar-refractivity contribution in [3.05, 3.63) is 70.9 Å². The quantitative estimate of drug-likeness (QED) is 0.521. The van der Waals surface area contributed by atoms with Crippen molar-refractivity contribution in [2.24, 2.45) is 5.41 Å². The first kappa shape index (κ1) is 16.8. The summed E-state index contributed by atoms with van der Waals surface area (Å²) in [5.74, 6) is 0. The zero-order valence-corrected chi connectivity index (χ0v) is 15.7. The van der Waals surface area contributed by atoms with Gasteiger partial charge in [0.15, 0.2) is 0 Å². The third kappa shape index (κ3) is 3.26. The van der Waals surface area contributed by atoms with Crippen LogP contribution in [0.15, 0.2) is 48.5 Å². The molecule has 126 valence electrons. The Morgan fingerprint density at radius 3 is 2.25 bits per heavy atom. The Morgan fingerprint density at radius 2 is 1.58 bits per heavy atom. The topological polar surface area (TPSA) is 4.93 Å². The number of rotatable bonds is 5. The molecule has 0 amide bonds. The van der Waals surface area contributed by atoms with Gasteiger partial charge >= 0.3 is 0 Å². The van der Waals surface area contributed by atoms with Crippen LogP contribution in [0.1, 0.15) is 49.6 Å². The molecule has 1 aromatic heterocycles. The zero-order valence-electron chi connectivity index (χ0n) is 15.7. The predicted molar refractivity (Wildman–Crippen MR) is 105 cm³/mol.